The first-order chi connectivity index (χ1) is 18.6. The van der Waals surface area contributed by atoms with E-state index in [9.17, 15) is 22.8 Å². The molecule has 10 nitrogen and oxygen atoms in total. The van der Waals surface area contributed by atoms with Crippen LogP contribution in [0, 0.1) is 5.41 Å². The van der Waals surface area contributed by atoms with Crippen LogP contribution >= 0.6 is 15.9 Å². The molecule has 2 amide bonds. The van der Waals surface area contributed by atoms with Gasteiger partial charge in [-0.05, 0) is 84.7 Å². The molecule has 40 heavy (non-hydrogen) atoms. The van der Waals surface area contributed by atoms with Gasteiger partial charge in [-0.3, -0.25) is 15.0 Å². The maximum Gasteiger partial charge on any atom is 0.490 e. The van der Waals surface area contributed by atoms with E-state index in [4.69, 9.17) is 25.8 Å². The Hall–Kier alpha value is -3.65. The highest BCUT2D eigenvalue weighted by Crippen LogP contribution is 2.30. The first-order valence-electron chi connectivity index (χ1n) is 12.1. The lowest BCUT2D eigenvalue weighted by Gasteiger charge is -2.29. The molecule has 0 spiro atoms. The molecule has 1 aliphatic rings. The van der Waals surface area contributed by atoms with Crippen LogP contribution in [0.15, 0.2) is 46.9 Å². The van der Waals surface area contributed by atoms with Crippen LogP contribution in [0.5, 0.6) is 5.75 Å². The van der Waals surface area contributed by atoms with Gasteiger partial charge in [0.15, 0.2) is 0 Å². The van der Waals surface area contributed by atoms with Gasteiger partial charge in [0, 0.05) is 24.3 Å². The smallest absolute Gasteiger partial charge is 0.489 e. The summed E-state index contributed by atoms with van der Waals surface area (Å²) in [6, 6.07) is 12.1. The van der Waals surface area contributed by atoms with Crippen molar-refractivity contribution in [2.75, 3.05) is 25.5 Å². The van der Waals surface area contributed by atoms with E-state index in [0.29, 0.717) is 11.3 Å². The number of hydrogen-bond donors (Lipinski definition) is 5. The van der Waals surface area contributed by atoms with E-state index in [1.54, 1.807) is 24.3 Å². The fourth-order valence-corrected chi connectivity index (χ4v) is 4.11. The summed E-state index contributed by atoms with van der Waals surface area (Å²) < 4.78 is 38.7. The number of anilines is 1. The van der Waals surface area contributed by atoms with Crippen LogP contribution in [0.4, 0.5) is 18.9 Å². The van der Waals surface area contributed by atoms with Gasteiger partial charge < -0.3 is 31.1 Å². The number of carboxylic acid groups (broad SMARTS) is 1. The van der Waals surface area contributed by atoms with Gasteiger partial charge >= 0.3 is 12.1 Å². The number of alkyl halides is 3. The predicted octanol–water partition coefficient (Wildman–Crippen LogP) is 4.05. The zero-order valence-electron chi connectivity index (χ0n) is 21.8. The van der Waals surface area contributed by atoms with Crippen molar-refractivity contribution in [3.8, 4) is 5.75 Å². The number of nitrogens with zero attached hydrogens (tertiary/aromatic N) is 1. The Kier molecular flexibility index (Phi) is 11.9. The normalized spacial score (nSPS) is 14.8. The Labute approximate surface area is 237 Å². The summed E-state index contributed by atoms with van der Waals surface area (Å²) in [4.78, 5) is 35.8. The lowest BCUT2D eigenvalue weighted by molar-refractivity contribution is -0.192. The van der Waals surface area contributed by atoms with E-state index < -0.39 is 18.1 Å². The molecule has 1 unspecified atom stereocenters. The quantitative estimate of drug-likeness (QED) is 0.167. The number of rotatable bonds is 8. The van der Waals surface area contributed by atoms with Gasteiger partial charge in [0.2, 0.25) is 11.8 Å². The number of carbonyl (C=O) groups is 3. The van der Waals surface area contributed by atoms with E-state index in [1.807, 2.05) is 25.1 Å². The van der Waals surface area contributed by atoms with E-state index in [0.717, 1.165) is 41.7 Å². The van der Waals surface area contributed by atoms with Gasteiger partial charge in [-0.15, -0.1) is 0 Å². The summed E-state index contributed by atoms with van der Waals surface area (Å²) in [5, 5.41) is 20.0. The predicted molar refractivity (Wildman–Crippen MR) is 146 cm³/mol. The second kappa shape index (κ2) is 14.7. The molecule has 1 aliphatic heterocycles. The molecular formula is C26H31BrF3N5O5. The molecule has 2 aromatic rings. The number of ether oxygens (including phenoxy) is 1. The summed E-state index contributed by atoms with van der Waals surface area (Å²) in [7, 11) is 2.12. The van der Waals surface area contributed by atoms with Crippen LogP contribution in [0.2, 0.25) is 0 Å². The average molecular weight is 630 g/mol. The first kappa shape index (κ1) is 32.6. The van der Waals surface area contributed by atoms with Crippen molar-refractivity contribution in [1.29, 1.82) is 5.41 Å². The van der Waals surface area contributed by atoms with Crippen LogP contribution in [-0.2, 0) is 14.4 Å². The molecular weight excluding hydrogens is 599 g/mol. The minimum absolute atomic E-state index is 0.0470. The molecule has 1 fully saturated rings. The topological polar surface area (TPSA) is 158 Å². The van der Waals surface area contributed by atoms with Crippen molar-refractivity contribution in [1.82, 2.24) is 10.2 Å². The van der Waals surface area contributed by atoms with Crippen molar-refractivity contribution in [3.63, 3.8) is 0 Å². The number of hydrogen-bond acceptors (Lipinski definition) is 6. The van der Waals surface area contributed by atoms with Crippen molar-refractivity contribution >= 4 is 45.2 Å². The number of carboxylic acids is 1. The lowest BCUT2D eigenvalue weighted by atomic mass is 10.1. The number of benzene rings is 2. The third-order valence-corrected chi connectivity index (χ3v) is 6.46. The number of aliphatic carboxylic acids is 1. The highest BCUT2D eigenvalue weighted by molar-refractivity contribution is 9.10. The van der Waals surface area contributed by atoms with Crippen molar-refractivity contribution in [2.45, 2.75) is 44.5 Å². The molecule has 0 aliphatic carbocycles. The molecule has 1 saturated heterocycles. The zero-order valence-corrected chi connectivity index (χ0v) is 23.4. The number of carbonyl (C=O) groups excluding carboxylic acids is 2. The molecule has 6 N–H and O–H groups in total. The Bertz CT molecular complexity index is 1200. The van der Waals surface area contributed by atoms with E-state index in [1.165, 1.54) is 0 Å². The lowest BCUT2D eigenvalue weighted by Crippen LogP contribution is -2.35. The minimum atomic E-state index is -5.08. The number of amidine groups is 1. The third kappa shape index (κ3) is 10.8. The molecule has 2 aromatic carbocycles. The average Bonchev–Trinajstić information content (AvgIpc) is 2.86. The first-order valence-corrected chi connectivity index (χ1v) is 12.9. The van der Waals surface area contributed by atoms with Gasteiger partial charge in [0.1, 0.15) is 24.1 Å². The largest absolute Gasteiger partial charge is 0.490 e. The number of likely N-dealkylation sites (tertiary alicyclic amines) is 1. The number of piperidine rings is 1. The summed E-state index contributed by atoms with van der Waals surface area (Å²) >= 11 is 3.58. The fourth-order valence-electron chi connectivity index (χ4n) is 3.62. The summed E-state index contributed by atoms with van der Waals surface area (Å²) in [6.07, 6.45) is -3.17. The van der Waals surface area contributed by atoms with E-state index in [-0.39, 0.29) is 30.3 Å². The number of halogens is 4. The van der Waals surface area contributed by atoms with Gasteiger partial charge in [-0.25, -0.2) is 4.79 Å². The number of nitrogens with one attached hydrogen (secondary N) is 3. The number of nitrogen functional groups attached to an aromatic ring is 1. The molecule has 1 atom stereocenters. The van der Waals surface area contributed by atoms with Gasteiger partial charge in [-0.2, -0.15) is 13.2 Å². The van der Waals surface area contributed by atoms with Crippen LogP contribution in [0.25, 0.3) is 0 Å². The zero-order chi connectivity index (χ0) is 30.0. The monoisotopic (exact) mass is 629 g/mol. The Morgan fingerprint density at radius 2 is 1.73 bits per heavy atom. The Morgan fingerprint density at radius 1 is 1.15 bits per heavy atom. The van der Waals surface area contributed by atoms with Crippen LogP contribution in [0.1, 0.15) is 43.4 Å². The van der Waals surface area contributed by atoms with Crippen molar-refractivity contribution < 1.29 is 37.4 Å². The highest BCUT2D eigenvalue weighted by Gasteiger charge is 2.38. The van der Waals surface area contributed by atoms with E-state index in [2.05, 4.69) is 38.5 Å². The summed E-state index contributed by atoms with van der Waals surface area (Å²) in [6.45, 7) is 3.93. The second-order valence-corrected chi connectivity index (χ2v) is 9.97. The molecule has 0 radical (unpaired) electrons. The van der Waals surface area contributed by atoms with Crippen LogP contribution in [0.3, 0.4) is 0 Å². The molecule has 3 rings (SSSR count). The van der Waals surface area contributed by atoms with Crippen LogP contribution in [-0.4, -0.2) is 66.0 Å². The second-order valence-electron chi connectivity index (χ2n) is 9.12. The highest BCUT2D eigenvalue weighted by atomic mass is 79.9. The van der Waals surface area contributed by atoms with Crippen molar-refractivity contribution in [3.05, 3.63) is 58.1 Å². The minimum Gasteiger partial charge on any atom is -0.489 e. The molecule has 0 bridgehead atoms. The van der Waals surface area contributed by atoms with E-state index >= 15 is 0 Å². The Morgan fingerprint density at radius 3 is 2.23 bits per heavy atom. The standard InChI is InChI=1S/C24H30BrN5O3.C2HF3O2/c1-15(17-5-8-21(20(25)13-17)33-19-9-11-30(2)12-10-19)28-22(31)14-23(32)29-18-6-3-16(4-7-18)24(26)27;3-2(4,5)1(6)7/h3-8,13,15,19H,9-12,14H2,1-2H3,(H3,26,27)(H,28,31)(H,29,32);(H,6,7). The molecule has 0 saturated carbocycles. The Balaban J connectivity index is 0.000000708. The third-order valence-electron chi connectivity index (χ3n) is 5.84. The number of nitrogens with two attached hydrogens (primary N) is 1. The van der Waals surface area contributed by atoms with Crippen molar-refractivity contribution in [2.24, 2.45) is 5.73 Å². The van der Waals surface area contributed by atoms with Gasteiger partial charge in [0.05, 0.1) is 10.5 Å². The summed E-state index contributed by atoms with van der Waals surface area (Å²) in [5.74, 6) is -2.80. The molecule has 218 valence electrons. The fraction of sp³-hybridized carbons (Fsp3) is 0.385. The summed E-state index contributed by atoms with van der Waals surface area (Å²) in [5.41, 5.74) is 7.43. The van der Waals surface area contributed by atoms with Gasteiger partial charge in [0.25, 0.3) is 0 Å². The maximum atomic E-state index is 12.4. The number of amides is 2. The molecule has 1 heterocycles. The SMILES string of the molecule is CC(NC(=O)CC(=O)Nc1ccc(C(=N)N)cc1)c1ccc(OC2CCN(C)CC2)c(Br)c1.O=C(O)C(F)(F)F. The molecule has 0 aromatic heterocycles. The van der Waals surface area contributed by atoms with Crippen LogP contribution < -0.4 is 21.1 Å². The maximum absolute atomic E-state index is 12.4. The molecule has 14 heteroatoms. The van der Waals surface area contributed by atoms with Gasteiger partial charge in [-0.1, -0.05) is 6.07 Å².